The van der Waals surface area contributed by atoms with Gasteiger partial charge in [-0.05, 0) is 5.56 Å². The van der Waals surface area contributed by atoms with Crippen molar-refractivity contribution in [1.29, 1.82) is 0 Å². The lowest BCUT2D eigenvalue weighted by molar-refractivity contribution is -0.615. The van der Waals surface area contributed by atoms with Gasteiger partial charge in [0, 0.05) is 57.6 Å². The van der Waals surface area contributed by atoms with Crippen molar-refractivity contribution in [3.63, 3.8) is 0 Å². The summed E-state index contributed by atoms with van der Waals surface area (Å²) in [6, 6.07) is 2.91. The number of piperidine rings is 2. The molecule has 1 unspecified atom stereocenters. The Balaban J connectivity index is 1.75. The largest absolute Gasteiger partial charge is 0.618 e. The van der Waals surface area contributed by atoms with Crippen molar-refractivity contribution in [2.75, 3.05) is 26.2 Å². The molecular formula is C16H21F4N3O. The van der Waals surface area contributed by atoms with Crippen LogP contribution in [-0.4, -0.2) is 42.9 Å². The van der Waals surface area contributed by atoms with Crippen molar-refractivity contribution >= 4 is 0 Å². The van der Waals surface area contributed by atoms with Gasteiger partial charge in [0.2, 0.25) is 5.69 Å². The van der Waals surface area contributed by atoms with E-state index in [0.29, 0.717) is 16.0 Å². The SMILES string of the molecule is [O-][n+]1ccc(C2CNCCC2(F)F)cc1CN1CCC(F)(F)CC1. The van der Waals surface area contributed by atoms with E-state index in [1.807, 2.05) is 0 Å². The fourth-order valence-electron chi connectivity index (χ4n) is 3.34. The van der Waals surface area contributed by atoms with Crippen LogP contribution in [0.3, 0.4) is 0 Å². The van der Waals surface area contributed by atoms with Gasteiger partial charge in [-0.25, -0.2) is 17.6 Å². The minimum Gasteiger partial charge on any atom is -0.618 e. The molecular weight excluding hydrogens is 326 g/mol. The van der Waals surface area contributed by atoms with Crippen molar-refractivity contribution in [3.8, 4) is 0 Å². The number of pyridine rings is 1. The van der Waals surface area contributed by atoms with Crippen LogP contribution in [0.25, 0.3) is 0 Å². The number of nitrogens with zero attached hydrogens (tertiary/aromatic N) is 2. The maximum Gasteiger partial charge on any atom is 0.257 e. The van der Waals surface area contributed by atoms with Crippen molar-refractivity contribution in [3.05, 3.63) is 34.8 Å². The predicted octanol–water partition coefficient (Wildman–Crippen LogP) is 2.26. The molecule has 4 nitrogen and oxygen atoms in total. The van der Waals surface area contributed by atoms with Crippen LogP contribution in [0, 0.1) is 5.21 Å². The molecule has 3 rings (SSSR count). The zero-order chi connectivity index (χ0) is 17.4. The Labute approximate surface area is 138 Å². The van der Waals surface area contributed by atoms with E-state index in [2.05, 4.69) is 5.32 Å². The fourth-order valence-corrected chi connectivity index (χ4v) is 3.34. The zero-order valence-corrected chi connectivity index (χ0v) is 13.3. The summed E-state index contributed by atoms with van der Waals surface area (Å²) < 4.78 is 55.3. The Bertz CT molecular complexity index is 587. The van der Waals surface area contributed by atoms with Crippen LogP contribution in [0.2, 0.25) is 0 Å². The second-order valence-corrected chi connectivity index (χ2v) is 6.68. The molecule has 0 aromatic carbocycles. The first-order chi connectivity index (χ1) is 11.3. The maximum absolute atomic E-state index is 14.1. The first-order valence-corrected chi connectivity index (χ1v) is 8.18. The third-order valence-electron chi connectivity index (χ3n) is 4.89. The number of nitrogens with one attached hydrogen (secondary N) is 1. The first-order valence-electron chi connectivity index (χ1n) is 8.18. The molecule has 3 heterocycles. The molecule has 2 aliphatic rings. The molecule has 1 aromatic heterocycles. The molecule has 2 fully saturated rings. The van der Waals surface area contributed by atoms with Crippen molar-refractivity contribution in [1.82, 2.24) is 10.2 Å². The Kier molecular flexibility index (Phi) is 4.70. The number of aromatic nitrogens is 1. The van der Waals surface area contributed by atoms with Gasteiger partial charge in [-0.2, -0.15) is 4.73 Å². The first kappa shape index (κ1) is 17.4. The Morgan fingerprint density at radius 3 is 2.58 bits per heavy atom. The molecule has 0 bridgehead atoms. The topological polar surface area (TPSA) is 42.2 Å². The minimum atomic E-state index is -2.81. The van der Waals surface area contributed by atoms with E-state index in [-0.39, 0.29) is 52.0 Å². The smallest absolute Gasteiger partial charge is 0.257 e. The highest BCUT2D eigenvalue weighted by Gasteiger charge is 2.43. The highest BCUT2D eigenvalue weighted by molar-refractivity contribution is 5.22. The van der Waals surface area contributed by atoms with Gasteiger partial charge in [0.25, 0.3) is 11.8 Å². The van der Waals surface area contributed by atoms with Crippen LogP contribution in [0.1, 0.15) is 36.4 Å². The molecule has 8 heteroatoms. The van der Waals surface area contributed by atoms with Crippen LogP contribution >= 0.6 is 0 Å². The lowest BCUT2D eigenvalue weighted by Crippen LogP contribution is -2.44. The predicted molar refractivity (Wildman–Crippen MR) is 80.0 cm³/mol. The third-order valence-corrected chi connectivity index (χ3v) is 4.89. The number of likely N-dealkylation sites (tertiary alicyclic amines) is 1. The number of rotatable bonds is 3. The minimum absolute atomic E-state index is 0.158. The number of hydrogen-bond acceptors (Lipinski definition) is 3. The summed E-state index contributed by atoms with van der Waals surface area (Å²) in [7, 11) is 0. The summed E-state index contributed by atoms with van der Waals surface area (Å²) in [5, 5.41) is 14.9. The Hall–Kier alpha value is -1.41. The van der Waals surface area contributed by atoms with Gasteiger partial charge in [0.1, 0.15) is 0 Å². The van der Waals surface area contributed by atoms with Gasteiger partial charge in [0.15, 0.2) is 6.20 Å². The molecule has 1 aromatic rings. The molecule has 0 amide bonds. The fraction of sp³-hybridized carbons (Fsp3) is 0.688. The van der Waals surface area contributed by atoms with Crippen LogP contribution in [-0.2, 0) is 6.54 Å². The van der Waals surface area contributed by atoms with E-state index in [4.69, 9.17) is 0 Å². The van der Waals surface area contributed by atoms with Crippen LogP contribution in [0.15, 0.2) is 18.3 Å². The van der Waals surface area contributed by atoms with E-state index >= 15 is 0 Å². The van der Waals surface area contributed by atoms with Gasteiger partial charge in [0.05, 0.1) is 12.5 Å². The monoisotopic (exact) mass is 347 g/mol. The van der Waals surface area contributed by atoms with Crippen molar-refractivity contribution in [2.45, 2.75) is 43.6 Å². The van der Waals surface area contributed by atoms with Crippen LogP contribution in [0.4, 0.5) is 17.6 Å². The molecule has 2 aliphatic heterocycles. The average Bonchev–Trinajstić information content (AvgIpc) is 2.51. The molecule has 2 saturated heterocycles. The average molecular weight is 347 g/mol. The van der Waals surface area contributed by atoms with Gasteiger partial charge < -0.3 is 10.5 Å². The third kappa shape index (κ3) is 3.80. The quantitative estimate of drug-likeness (QED) is 0.518. The standard InChI is InChI=1S/C16H21F4N3O/c17-15(18)3-7-22(8-4-15)11-13-9-12(1-6-23(13)24)14-10-21-5-2-16(14,19)20/h1,6,9,14,21H,2-5,7-8,10-11H2. The summed E-state index contributed by atoms with van der Waals surface area (Å²) in [6.07, 6.45) is 0.515. The van der Waals surface area contributed by atoms with Crippen LogP contribution < -0.4 is 10.0 Å². The summed E-state index contributed by atoms with van der Waals surface area (Å²) in [4.78, 5) is 1.77. The Morgan fingerprint density at radius 1 is 1.21 bits per heavy atom. The molecule has 1 N–H and O–H groups in total. The molecule has 0 radical (unpaired) electrons. The van der Waals surface area contributed by atoms with Gasteiger partial charge in [-0.15, -0.1) is 0 Å². The Morgan fingerprint density at radius 2 is 1.92 bits per heavy atom. The van der Waals surface area contributed by atoms with E-state index in [1.165, 1.54) is 18.3 Å². The lowest BCUT2D eigenvalue weighted by Gasteiger charge is -2.33. The van der Waals surface area contributed by atoms with E-state index in [1.54, 1.807) is 4.90 Å². The summed E-state index contributed by atoms with van der Waals surface area (Å²) in [5.74, 6) is -6.44. The van der Waals surface area contributed by atoms with Crippen molar-refractivity contribution < 1.29 is 22.3 Å². The number of alkyl halides is 4. The highest BCUT2D eigenvalue weighted by Crippen LogP contribution is 2.37. The van der Waals surface area contributed by atoms with Crippen LogP contribution in [0.5, 0.6) is 0 Å². The van der Waals surface area contributed by atoms with E-state index in [9.17, 15) is 22.8 Å². The summed E-state index contributed by atoms with van der Waals surface area (Å²) >= 11 is 0. The molecule has 1 atom stereocenters. The molecule has 0 spiro atoms. The lowest BCUT2D eigenvalue weighted by atomic mass is 9.88. The normalized spacial score (nSPS) is 27.1. The highest BCUT2D eigenvalue weighted by atomic mass is 19.3. The number of hydrogen-bond donors (Lipinski definition) is 1. The van der Waals surface area contributed by atoms with E-state index in [0.717, 1.165) is 0 Å². The zero-order valence-electron chi connectivity index (χ0n) is 13.3. The maximum atomic E-state index is 14.1. The number of halogens is 4. The van der Waals surface area contributed by atoms with Gasteiger partial charge >= 0.3 is 0 Å². The summed E-state index contributed by atoms with van der Waals surface area (Å²) in [5.41, 5.74) is 0.732. The molecule has 134 valence electrons. The molecule has 0 saturated carbocycles. The molecule has 0 aliphatic carbocycles. The van der Waals surface area contributed by atoms with Gasteiger partial charge in [-0.1, -0.05) is 0 Å². The summed E-state index contributed by atoms with van der Waals surface area (Å²) in [6.45, 7) is 1.01. The van der Waals surface area contributed by atoms with E-state index < -0.39 is 17.8 Å². The second kappa shape index (κ2) is 6.48. The van der Waals surface area contributed by atoms with Crippen molar-refractivity contribution in [2.24, 2.45) is 0 Å². The van der Waals surface area contributed by atoms with Gasteiger partial charge in [-0.3, -0.25) is 4.90 Å². The molecule has 24 heavy (non-hydrogen) atoms. The second-order valence-electron chi connectivity index (χ2n) is 6.68.